The second-order valence-corrected chi connectivity index (χ2v) is 1.90. The van der Waals surface area contributed by atoms with E-state index in [1.165, 1.54) is 0 Å². The number of nitrogens with one attached hydrogen (secondary N) is 1. The highest BCUT2D eigenvalue weighted by molar-refractivity contribution is 5.33. The number of rotatable bonds is 1. The maximum atomic E-state index is 6.79. The summed E-state index contributed by atoms with van der Waals surface area (Å²) in [6, 6.07) is 9.63. The van der Waals surface area contributed by atoms with Crippen molar-refractivity contribution < 1.29 is 10.00 Å². The van der Waals surface area contributed by atoms with Crippen LogP contribution in [0.4, 0.5) is 0 Å². The predicted octanol–water partition coefficient (Wildman–Crippen LogP) is -0.322. The Bertz CT molecular complexity index is 245. The average Bonchev–Trinajstić information content (AvgIpc) is 2.05. The van der Waals surface area contributed by atoms with Gasteiger partial charge in [0.25, 0.3) is 5.75 Å². The second-order valence-electron chi connectivity index (χ2n) is 1.90. The molecule has 2 heteroatoms. The van der Waals surface area contributed by atoms with E-state index in [2.05, 4.69) is 10.8 Å². The lowest BCUT2D eigenvalue weighted by atomic mass is 10.2. The Kier molecular flexibility index (Phi) is 1.91. The van der Waals surface area contributed by atoms with Crippen molar-refractivity contribution in [3.8, 4) is 11.8 Å². The maximum absolute atomic E-state index is 6.79. The molecule has 1 rings (SSSR count). The van der Waals surface area contributed by atoms with Crippen LogP contribution < -0.4 is 5.26 Å². The van der Waals surface area contributed by atoms with Gasteiger partial charge in [-0.2, -0.15) is 0 Å². The van der Waals surface area contributed by atoms with E-state index in [1.54, 1.807) is 7.11 Å². The molecular formula is C8H9NO+2. The molecule has 0 aliphatic heterocycles. The standard InChI is InChI=1S/C8H7NO/c1-10-8-4-2-7(6-9)3-5-8/h2-5H,1H3/p+2. The van der Waals surface area contributed by atoms with Gasteiger partial charge in [-0.25, -0.2) is 0 Å². The minimum absolute atomic E-state index is 0.785. The number of aliphatic hydroxyl groups is 1. The molecule has 0 spiro atoms. The van der Waals surface area contributed by atoms with Crippen molar-refractivity contribution in [3.05, 3.63) is 29.8 Å². The molecule has 0 heterocycles. The maximum Gasteiger partial charge on any atom is 0.308 e. The Balaban J connectivity index is 2.93. The molecule has 0 atom stereocenters. The molecule has 0 radical (unpaired) electrons. The van der Waals surface area contributed by atoms with Gasteiger partial charge in [0.15, 0.2) is 7.11 Å². The van der Waals surface area contributed by atoms with Crippen molar-refractivity contribution in [2.24, 2.45) is 0 Å². The Hall–Kier alpha value is -1.49. The average molecular weight is 135 g/mol. The van der Waals surface area contributed by atoms with Crippen LogP contribution in [-0.2, 0) is 0 Å². The molecule has 0 aromatic heterocycles. The summed E-state index contributed by atoms with van der Waals surface area (Å²) in [5.41, 5.74) is 0.785. The molecule has 1 aromatic carbocycles. The second kappa shape index (κ2) is 2.88. The third-order valence-corrected chi connectivity index (χ3v) is 1.27. The van der Waals surface area contributed by atoms with Gasteiger partial charge >= 0.3 is 6.07 Å². The molecule has 0 amide bonds. The number of ether oxygens (including phenoxy) is 1. The number of aromatic hydroxyl groups is 1. The van der Waals surface area contributed by atoms with E-state index in [1.807, 2.05) is 24.3 Å². The lowest BCUT2D eigenvalue weighted by Gasteiger charge is -1.92. The summed E-state index contributed by atoms with van der Waals surface area (Å²) in [5.74, 6) is 0.930. The van der Waals surface area contributed by atoms with Crippen LogP contribution in [-0.4, -0.2) is 11.8 Å². The summed E-state index contributed by atoms with van der Waals surface area (Å²) >= 11 is 0. The number of benzene rings is 1. The van der Waals surface area contributed by atoms with Gasteiger partial charge in [0.1, 0.15) is 5.56 Å². The van der Waals surface area contributed by atoms with E-state index in [4.69, 9.17) is 5.26 Å². The van der Waals surface area contributed by atoms with E-state index in [0.717, 1.165) is 11.3 Å². The zero-order chi connectivity index (χ0) is 7.40. The normalized spacial score (nSPS) is 8.40. The molecule has 0 unspecified atom stereocenters. The summed E-state index contributed by atoms with van der Waals surface area (Å²) in [6.45, 7) is 0. The zero-order valence-electron chi connectivity index (χ0n) is 5.76. The first-order chi connectivity index (χ1) is 4.86. The predicted molar refractivity (Wildman–Crippen MR) is 38.0 cm³/mol. The van der Waals surface area contributed by atoms with Crippen LogP contribution in [0.1, 0.15) is 5.56 Å². The summed E-state index contributed by atoms with van der Waals surface area (Å²) in [5, 5.41) is 6.79. The first-order valence-electron chi connectivity index (χ1n) is 2.99. The topological polar surface area (TPSA) is 36.6 Å². The van der Waals surface area contributed by atoms with Crippen molar-refractivity contribution >= 4 is 0 Å². The highest BCUT2D eigenvalue weighted by Gasteiger charge is 1.95. The van der Waals surface area contributed by atoms with Crippen molar-refractivity contribution in [1.82, 2.24) is 0 Å². The van der Waals surface area contributed by atoms with Gasteiger partial charge < -0.3 is 4.74 Å². The zero-order valence-corrected chi connectivity index (χ0v) is 5.76. The van der Waals surface area contributed by atoms with E-state index in [0.29, 0.717) is 0 Å². The van der Waals surface area contributed by atoms with Crippen molar-refractivity contribution in [1.29, 1.82) is 0 Å². The molecule has 1 aromatic rings. The van der Waals surface area contributed by atoms with Gasteiger partial charge in [-0.3, -0.25) is 0 Å². The van der Waals surface area contributed by atoms with Crippen LogP contribution in [0.25, 0.3) is 0 Å². The molecular weight excluding hydrogens is 126 g/mol. The quantitative estimate of drug-likeness (QED) is 0.512. The molecule has 2 N–H and O–H groups in total. The lowest BCUT2D eigenvalue weighted by Crippen LogP contribution is -2.17. The SMILES string of the molecule is C[OH+]c1ccc(C#[NH+])cc1. The molecule has 10 heavy (non-hydrogen) atoms. The van der Waals surface area contributed by atoms with Gasteiger partial charge in [0.2, 0.25) is 0 Å². The van der Waals surface area contributed by atoms with E-state index >= 15 is 0 Å². The van der Waals surface area contributed by atoms with Crippen LogP contribution in [0.3, 0.4) is 0 Å². The molecule has 0 aliphatic rings. The van der Waals surface area contributed by atoms with Crippen LogP contribution in [0.15, 0.2) is 24.3 Å². The summed E-state index contributed by atoms with van der Waals surface area (Å²) in [4.78, 5) is 0. The summed E-state index contributed by atoms with van der Waals surface area (Å²) < 4.78 is 3.96. The van der Waals surface area contributed by atoms with E-state index in [-0.39, 0.29) is 0 Å². The first-order valence-corrected chi connectivity index (χ1v) is 2.99. The third-order valence-electron chi connectivity index (χ3n) is 1.27. The van der Waals surface area contributed by atoms with Crippen molar-refractivity contribution in [2.75, 3.05) is 7.11 Å². The third kappa shape index (κ3) is 1.26. The highest BCUT2D eigenvalue weighted by atomic mass is 16.5. The fraction of sp³-hybridized carbons (Fsp3) is 0.125. The molecule has 0 aliphatic carbocycles. The lowest BCUT2D eigenvalue weighted by molar-refractivity contribution is -0.0909. The van der Waals surface area contributed by atoms with Crippen LogP contribution in [0.5, 0.6) is 5.75 Å². The monoisotopic (exact) mass is 135 g/mol. The van der Waals surface area contributed by atoms with Crippen LogP contribution in [0.2, 0.25) is 0 Å². The molecule has 0 saturated heterocycles. The molecule has 0 fully saturated rings. The van der Waals surface area contributed by atoms with Gasteiger partial charge in [-0.1, -0.05) is 5.26 Å². The smallest absolute Gasteiger partial charge is 0.308 e. The minimum atomic E-state index is 0.785. The van der Waals surface area contributed by atoms with Gasteiger partial charge in [0.05, 0.1) is 0 Å². The van der Waals surface area contributed by atoms with E-state index < -0.39 is 0 Å². The van der Waals surface area contributed by atoms with Crippen molar-refractivity contribution in [3.63, 3.8) is 0 Å². The number of hydrogen-bond donors (Lipinski definition) is 1. The molecule has 0 saturated carbocycles. The van der Waals surface area contributed by atoms with Crippen molar-refractivity contribution in [2.45, 2.75) is 0 Å². The number of hydrogen-bond acceptors (Lipinski definition) is 0. The Morgan fingerprint density at radius 2 is 1.90 bits per heavy atom. The van der Waals surface area contributed by atoms with Gasteiger partial charge in [0, 0.05) is 12.1 Å². The van der Waals surface area contributed by atoms with Crippen LogP contribution in [0, 0.1) is 6.07 Å². The largest absolute Gasteiger partial charge is 0.585 e. The minimum Gasteiger partial charge on any atom is -0.585 e. The Labute approximate surface area is 59.7 Å². The van der Waals surface area contributed by atoms with Crippen LogP contribution >= 0.6 is 0 Å². The molecule has 0 bridgehead atoms. The van der Waals surface area contributed by atoms with E-state index in [9.17, 15) is 0 Å². The first kappa shape index (κ1) is 6.63. The Morgan fingerprint density at radius 3 is 2.30 bits per heavy atom. The Morgan fingerprint density at radius 1 is 1.30 bits per heavy atom. The molecule has 50 valence electrons. The summed E-state index contributed by atoms with van der Waals surface area (Å²) in [6.07, 6.45) is 0. The fourth-order valence-electron chi connectivity index (χ4n) is 0.694. The fourth-order valence-corrected chi connectivity index (χ4v) is 0.694. The molecule has 2 nitrogen and oxygen atoms in total. The van der Waals surface area contributed by atoms with Gasteiger partial charge in [-0.15, -0.1) is 0 Å². The summed E-state index contributed by atoms with van der Waals surface area (Å²) in [7, 11) is 1.74. The van der Waals surface area contributed by atoms with Gasteiger partial charge in [-0.05, 0) is 12.1 Å². The highest BCUT2D eigenvalue weighted by Crippen LogP contribution is 2.10.